The average Bonchev–Trinajstić information content (AvgIpc) is 2.37. The van der Waals surface area contributed by atoms with Crippen molar-refractivity contribution < 1.29 is 13.2 Å². The molecule has 0 aromatic heterocycles. The zero-order chi connectivity index (χ0) is 14.0. The van der Waals surface area contributed by atoms with Crippen LogP contribution < -0.4 is 10.6 Å². The molecular formula is C13H18F3N3. The number of hydrogen-bond donors (Lipinski definition) is 1. The smallest absolute Gasteiger partial charge is 0.399 e. The first kappa shape index (κ1) is 14.0. The molecule has 0 spiro atoms. The summed E-state index contributed by atoms with van der Waals surface area (Å²) >= 11 is 0. The predicted octanol–water partition coefficient (Wildman–Crippen LogP) is 2.43. The fourth-order valence-corrected chi connectivity index (χ4v) is 2.30. The normalized spacial score (nSPS) is 17.8. The highest BCUT2D eigenvalue weighted by molar-refractivity contribution is 5.59. The molecular weight excluding hydrogens is 255 g/mol. The summed E-state index contributed by atoms with van der Waals surface area (Å²) in [6, 6.07) is 3.76. The molecule has 2 rings (SSSR count). The van der Waals surface area contributed by atoms with Gasteiger partial charge in [0.25, 0.3) is 0 Å². The quantitative estimate of drug-likeness (QED) is 0.840. The van der Waals surface area contributed by atoms with Crippen molar-refractivity contribution in [2.75, 3.05) is 43.4 Å². The summed E-state index contributed by atoms with van der Waals surface area (Å²) in [6.45, 7) is 6.25. The van der Waals surface area contributed by atoms with Crippen LogP contribution in [0.5, 0.6) is 0 Å². The lowest BCUT2D eigenvalue weighted by Gasteiger charge is -2.35. The summed E-state index contributed by atoms with van der Waals surface area (Å²) in [4.78, 5) is 4.23. The first-order valence-electron chi connectivity index (χ1n) is 6.35. The number of likely N-dealkylation sites (N-methyl/N-ethyl adjacent to an activating group) is 1. The van der Waals surface area contributed by atoms with E-state index in [2.05, 4.69) is 11.8 Å². The van der Waals surface area contributed by atoms with E-state index in [1.54, 1.807) is 6.07 Å². The van der Waals surface area contributed by atoms with Crippen LogP contribution in [0.3, 0.4) is 0 Å². The summed E-state index contributed by atoms with van der Waals surface area (Å²) < 4.78 is 38.2. The Morgan fingerprint density at radius 2 is 1.74 bits per heavy atom. The van der Waals surface area contributed by atoms with Crippen molar-refractivity contribution >= 4 is 11.4 Å². The van der Waals surface area contributed by atoms with E-state index in [0.717, 1.165) is 38.8 Å². The SMILES string of the molecule is CCN1CCN(c2cc(N)cc(C(F)(F)F)c2)CC1. The number of nitrogens with two attached hydrogens (primary N) is 1. The lowest BCUT2D eigenvalue weighted by molar-refractivity contribution is -0.137. The monoisotopic (exact) mass is 273 g/mol. The molecule has 1 heterocycles. The molecule has 0 unspecified atom stereocenters. The van der Waals surface area contributed by atoms with Crippen LogP contribution in [-0.2, 0) is 6.18 Å². The van der Waals surface area contributed by atoms with Gasteiger partial charge in [-0.2, -0.15) is 13.2 Å². The number of benzene rings is 1. The van der Waals surface area contributed by atoms with Gasteiger partial charge in [0.2, 0.25) is 0 Å². The van der Waals surface area contributed by atoms with Crippen molar-refractivity contribution in [3.63, 3.8) is 0 Å². The number of nitrogens with zero attached hydrogens (tertiary/aromatic N) is 2. The van der Waals surface area contributed by atoms with E-state index >= 15 is 0 Å². The van der Waals surface area contributed by atoms with Crippen LogP contribution in [0.4, 0.5) is 24.5 Å². The maximum absolute atomic E-state index is 12.7. The molecule has 0 radical (unpaired) electrons. The van der Waals surface area contributed by atoms with Crippen LogP contribution in [0.15, 0.2) is 18.2 Å². The third-order valence-electron chi connectivity index (χ3n) is 3.45. The first-order chi connectivity index (χ1) is 8.90. The zero-order valence-corrected chi connectivity index (χ0v) is 10.9. The predicted molar refractivity (Wildman–Crippen MR) is 70.2 cm³/mol. The molecule has 1 aliphatic rings. The minimum Gasteiger partial charge on any atom is -0.399 e. The maximum Gasteiger partial charge on any atom is 0.416 e. The van der Waals surface area contributed by atoms with Gasteiger partial charge in [-0.05, 0) is 24.7 Å². The van der Waals surface area contributed by atoms with E-state index in [4.69, 9.17) is 5.73 Å². The lowest BCUT2D eigenvalue weighted by atomic mass is 10.1. The van der Waals surface area contributed by atoms with Crippen LogP contribution in [0.25, 0.3) is 0 Å². The van der Waals surface area contributed by atoms with E-state index < -0.39 is 11.7 Å². The lowest BCUT2D eigenvalue weighted by Crippen LogP contribution is -2.46. The summed E-state index contributed by atoms with van der Waals surface area (Å²) in [5, 5.41) is 0. The molecule has 0 amide bonds. The highest BCUT2D eigenvalue weighted by atomic mass is 19.4. The zero-order valence-electron chi connectivity index (χ0n) is 10.9. The molecule has 1 aliphatic heterocycles. The van der Waals surface area contributed by atoms with Crippen molar-refractivity contribution in [3.05, 3.63) is 23.8 Å². The number of anilines is 2. The summed E-state index contributed by atoms with van der Waals surface area (Å²) in [5.74, 6) is 0. The second-order valence-corrected chi connectivity index (χ2v) is 4.73. The average molecular weight is 273 g/mol. The molecule has 1 fully saturated rings. The third kappa shape index (κ3) is 3.32. The molecule has 3 nitrogen and oxygen atoms in total. The molecule has 2 N–H and O–H groups in total. The van der Waals surface area contributed by atoms with E-state index in [0.29, 0.717) is 5.69 Å². The van der Waals surface area contributed by atoms with Crippen molar-refractivity contribution in [1.82, 2.24) is 4.90 Å². The van der Waals surface area contributed by atoms with Gasteiger partial charge >= 0.3 is 6.18 Å². The van der Waals surface area contributed by atoms with Gasteiger partial charge in [-0.15, -0.1) is 0 Å². The molecule has 19 heavy (non-hydrogen) atoms. The topological polar surface area (TPSA) is 32.5 Å². The van der Waals surface area contributed by atoms with Crippen molar-refractivity contribution in [1.29, 1.82) is 0 Å². The first-order valence-corrected chi connectivity index (χ1v) is 6.35. The minimum absolute atomic E-state index is 0.155. The number of alkyl halides is 3. The molecule has 0 atom stereocenters. The Kier molecular flexibility index (Phi) is 3.89. The summed E-state index contributed by atoms with van der Waals surface area (Å²) in [5.41, 5.74) is 5.61. The Hall–Kier alpha value is -1.43. The van der Waals surface area contributed by atoms with Crippen molar-refractivity contribution in [2.24, 2.45) is 0 Å². The van der Waals surface area contributed by atoms with Gasteiger partial charge in [0.1, 0.15) is 0 Å². The third-order valence-corrected chi connectivity index (χ3v) is 3.45. The van der Waals surface area contributed by atoms with Gasteiger partial charge in [-0.3, -0.25) is 0 Å². The number of rotatable bonds is 2. The highest BCUT2D eigenvalue weighted by Gasteiger charge is 2.31. The van der Waals surface area contributed by atoms with E-state index in [1.165, 1.54) is 6.07 Å². The molecule has 6 heteroatoms. The number of piperazine rings is 1. The van der Waals surface area contributed by atoms with Crippen molar-refractivity contribution in [3.8, 4) is 0 Å². The van der Waals surface area contributed by atoms with E-state index in [1.807, 2.05) is 4.90 Å². The Bertz CT molecular complexity index is 437. The molecule has 1 saturated heterocycles. The number of hydrogen-bond acceptors (Lipinski definition) is 3. The molecule has 0 aliphatic carbocycles. The van der Waals surface area contributed by atoms with Crippen LogP contribution >= 0.6 is 0 Å². The van der Waals surface area contributed by atoms with Crippen LogP contribution in [0.1, 0.15) is 12.5 Å². The van der Waals surface area contributed by atoms with Gasteiger partial charge in [0, 0.05) is 37.6 Å². The van der Waals surface area contributed by atoms with Gasteiger partial charge in [0.15, 0.2) is 0 Å². The fraction of sp³-hybridized carbons (Fsp3) is 0.538. The second kappa shape index (κ2) is 5.28. The molecule has 106 valence electrons. The Morgan fingerprint density at radius 1 is 1.11 bits per heavy atom. The number of halogens is 3. The molecule has 1 aromatic carbocycles. The van der Waals surface area contributed by atoms with Crippen LogP contribution in [-0.4, -0.2) is 37.6 Å². The molecule has 0 saturated carbocycles. The summed E-state index contributed by atoms with van der Waals surface area (Å²) in [7, 11) is 0. The van der Waals surface area contributed by atoms with Gasteiger partial charge < -0.3 is 15.5 Å². The Morgan fingerprint density at radius 3 is 2.26 bits per heavy atom. The second-order valence-electron chi connectivity index (χ2n) is 4.73. The number of nitrogen functional groups attached to an aromatic ring is 1. The van der Waals surface area contributed by atoms with Crippen LogP contribution in [0, 0.1) is 0 Å². The molecule has 0 bridgehead atoms. The molecule has 1 aromatic rings. The van der Waals surface area contributed by atoms with Crippen molar-refractivity contribution in [2.45, 2.75) is 13.1 Å². The Balaban J connectivity index is 2.19. The minimum atomic E-state index is -4.35. The standard InChI is InChI=1S/C13H18F3N3/c1-2-18-3-5-19(6-4-18)12-8-10(13(14,15)16)7-11(17)9-12/h7-9H,2-6,17H2,1H3. The van der Waals surface area contributed by atoms with E-state index in [-0.39, 0.29) is 5.69 Å². The Labute approximate surface area is 110 Å². The summed E-state index contributed by atoms with van der Waals surface area (Å²) in [6.07, 6.45) is -4.35. The van der Waals surface area contributed by atoms with E-state index in [9.17, 15) is 13.2 Å². The van der Waals surface area contributed by atoms with Gasteiger partial charge in [-0.25, -0.2) is 0 Å². The van der Waals surface area contributed by atoms with Gasteiger partial charge in [-0.1, -0.05) is 6.92 Å². The van der Waals surface area contributed by atoms with Gasteiger partial charge in [0.05, 0.1) is 5.56 Å². The largest absolute Gasteiger partial charge is 0.416 e. The van der Waals surface area contributed by atoms with Crippen LogP contribution in [0.2, 0.25) is 0 Å². The fourth-order valence-electron chi connectivity index (χ4n) is 2.30. The highest BCUT2D eigenvalue weighted by Crippen LogP contribution is 2.33. The maximum atomic E-state index is 12.7.